The minimum atomic E-state index is -0.250. The highest BCUT2D eigenvalue weighted by Gasteiger charge is 2.33. The maximum Gasteiger partial charge on any atom is 0.248 e. The van der Waals surface area contributed by atoms with Crippen LogP contribution in [0.15, 0.2) is 0 Å². The number of carbonyl (C=O) groups is 1. The molecule has 1 aliphatic rings. The molecule has 1 rings (SSSR count). The first kappa shape index (κ1) is 13.4. The molecule has 0 bridgehead atoms. The molecule has 0 unspecified atom stereocenters. The highest BCUT2D eigenvalue weighted by atomic mass is 16.5. The standard InChI is InChI=1S/C10H20N2O4/c1-10(7-11-8-10)16-6-9(15)12(2-4-13)3-5-14/h11,13-14H,2-8H2,1H3. The van der Waals surface area contributed by atoms with Gasteiger partial charge in [0, 0.05) is 26.2 Å². The SMILES string of the molecule is CC1(OCC(=O)N(CCO)CCO)CNC1. The van der Waals surface area contributed by atoms with Gasteiger partial charge in [-0.15, -0.1) is 0 Å². The summed E-state index contributed by atoms with van der Waals surface area (Å²) in [7, 11) is 0. The minimum absolute atomic E-state index is 0.00181. The van der Waals surface area contributed by atoms with Crippen LogP contribution in [0, 0.1) is 0 Å². The number of nitrogens with zero attached hydrogens (tertiary/aromatic N) is 1. The van der Waals surface area contributed by atoms with Gasteiger partial charge < -0.3 is 25.2 Å². The van der Waals surface area contributed by atoms with Crippen molar-refractivity contribution in [2.24, 2.45) is 0 Å². The molecule has 1 aliphatic heterocycles. The molecular formula is C10H20N2O4. The van der Waals surface area contributed by atoms with Gasteiger partial charge in [-0.05, 0) is 6.92 Å². The zero-order valence-electron chi connectivity index (χ0n) is 9.61. The Hall–Kier alpha value is -0.690. The van der Waals surface area contributed by atoms with Crippen LogP contribution in [0.5, 0.6) is 0 Å². The van der Waals surface area contributed by atoms with Crippen LogP contribution >= 0.6 is 0 Å². The summed E-state index contributed by atoms with van der Waals surface area (Å²) >= 11 is 0. The zero-order chi connectivity index (χ0) is 12.0. The van der Waals surface area contributed by atoms with Gasteiger partial charge in [0.2, 0.25) is 5.91 Å². The molecule has 1 heterocycles. The Bertz CT molecular complexity index is 225. The van der Waals surface area contributed by atoms with Gasteiger partial charge in [-0.25, -0.2) is 0 Å². The summed E-state index contributed by atoms with van der Waals surface area (Å²) in [6, 6.07) is 0. The summed E-state index contributed by atoms with van der Waals surface area (Å²) in [4.78, 5) is 13.1. The van der Waals surface area contributed by atoms with Gasteiger partial charge >= 0.3 is 0 Å². The predicted molar refractivity (Wildman–Crippen MR) is 58.0 cm³/mol. The van der Waals surface area contributed by atoms with E-state index in [1.165, 1.54) is 4.90 Å². The Kier molecular flexibility index (Phi) is 5.14. The van der Waals surface area contributed by atoms with Gasteiger partial charge in [0.1, 0.15) is 6.61 Å². The van der Waals surface area contributed by atoms with Crippen LogP contribution in [-0.2, 0) is 9.53 Å². The van der Waals surface area contributed by atoms with Gasteiger partial charge in [-0.3, -0.25) is 4.79 Å². The summed E-state index contributed by atoms with van der Waals surface area (Å²) in [6.07, 6.45) is 0. The second-order valence-corrected chi connectivity index (χ2v) is 4.17. The van der Waals surface area contributed by atoms with Crippen LogP contribution < -0.4 is 5.32 Å². The van der Waals surface area contributed by atoms with E-state index < -0.39 is 0 Å². The average Bonchev–Trinajstić information content (AvgIpc) is 2.23. The first-order valence-corrected chi connectivity index (χ1v) is 5.45. The zero-order valence-corrected chi connectivity index (χ0v) is 9.61. The topological polar surface area (TPSA) is 82.0 Å². The second kappa shape index (κ2) is 6.15. The molecule has 1 fully saturated rings. The van der Waals surface area contributed by atoms with Crippen molar-refractivity contribution in [2.75, 3.05) is 46.0 Å². The molecule has 6 nitrogen and oxygen atoms in total. The van der Waals surface area contributed by atoms with E-state index in [1.54, 1.807) is 0 Å². The fraction of sp³-hybridized carbons (Fsp3) is 0.900. The molecule has 0 aromatic carbocycles. The molecule has 16 heavy (non-hydrogen) atoms. The Labute approximate surface area is 95.2 Å². The molecule has 0 radical (unpaired) electrons. The van der Waals surface area contributed by atoms with Gasteiger partial charge in [0.05, 0.1) is 18.8 Å². The highest BCUT2D eigenvalue weighted by Crippen LogP contribution is 2.14. The molecule has 0 spiro atoms. The van der Waals surface area contributed by atoms with Crippen LogP contribution in [0.2, 0.25) is 0 Å². The van der Waals surface area contributed by atoms with E-state index in [0.29, 0.717) is 0 Å². The fourth-order valence-electron chi connectivity index (χ4n) is 1.51. The van der Waals surface area contributed by atoms with Crippen molar-refractivity contribution in [1.29, 1.82) is 0 Å². The molecule has 1 amide bonds. The third kappa shape index (κ3) is 3.71. The van der Waals surface area contributed by atoms with Crippen LogP contribution in [0.4, 0.5) is 0 Å². The van der Waals surface area contributed by atoms with Crippen molar-refractivity contribution >= 4 is 5.91 Å². The van der Waals surface area contributed by atoms with Crippen molar-refractivity contribution in [3.63, 3.8) is 0 Å². The Morgan fingerprint density at radius 3 is 2.31 bits per heavy atom. The summed E-state index contributed by atoms with van der Waals surface area (Å²) in [5, 5.41) is 20.6. The van der Waals surface area contributed by atoms with E-state index in [-0.39, 0.29) is 44.4 Å². The maximum absolute atomic E-state index is 11.7. The molecule has 0 atom stereocenters. The molecule has 1 saturated heterocycles. The number of hydrogen-bond donors (Lipinski definition) is 3. The number of ether oxygens (including phenoxy) is 1. The van der Waals surface area contributed by atoms with Gasteiger partial charge in [-0.2, -0.15) is 0 Å². The molecule has 3 N–H and O–H groups in total. The van der Waals surface area contributed by atoms with Crippen LogP contribution in [0.1, 0.15) is 6.92 Å². The average molecular weight is 232 g/mol. The molecular weight excluding hydrogens is 212 g/mol. The molecule has 0 saturated carbocycles. The monoisotopic (exact) mass is 232 g/mol. The Balaban J connectivity index is 2.30. The highest BCUT2D eigenvalue weighted by molar-refractivity contribution is 5.77. The summed E-state index contributed by atoms with van der Waals surface area (Å²) < 4.78 is 5.48. The number of nitrogens with one attached hydrogen (secondary N) is 1. The van der Waals surface area contributed by atoms with E-state index in [2.05, 4.69) is 5.32 Å². The lowest BCUT2D eigenvalue weighted by atomic mass is 10.0. The van der Waals surface area contributed by atoms with E-state index in [4.69, 9.17) is 14.9 Å². The van der Waals surface area contributed by atoms with E-state index in [1.807, 2.05) is 6.92 Å². The number of carbonyl (C=O) groups excluding carboxylic acids is 1. The summed E-state index contributed by atoms with van der Waals surface area (Å²) in [6.45, 7) is 3.70. The molecule has 0 aromatic rings. The number of aliphatic hydroxyl groups is 2. The number of hydrogen-bond acceptors (Lipinski definition) is 5. The third-order valence-electron chi connectivity index (χ3n) is 2.63. The van der Waals surface area contributed by atoms with E-state index in [9.17, 15) is 4.79 Å². The van der Waals surface area contributed by atoms with Crippen LogP contribution in [0.3, 0.4) is 0 Å². The van der Waals surface area contributed by atoms with Crippen LogP contribution in [-0.4, -0.2) is 72.6 Å². The lowest BCUT2D eigenvalue weighted by molar-refractivity contribution is -0.146. The summed E-state index contributed by atoms with van der Waals surface area (Å²) in [5.41, 5.74) is -0.250. The maximum atomic E-state index is 11.7. The van der Waals surface area contributed by atoms with Crippen molar-refractivity contribution in [2.45, 2.75) is 12.5 Å². The van der Waals surface area contributed by atoms with Crippen LogP contribution in [0.25, 0.3) is 0 Å². The quantitative estimate of drug-likeness (QED) is 0.481. The Morgan fingerprint density at radius 2 is 1.94 bits per heavy atom. The Morgan fingerprint density at radius 1 is 1.38 bits per heavy atom. The second-order valence-electron chi connectivity index (χ2n) is 4.17. The molecule has 0 aliphatic carbocycles. The fourth-order valence-corrected chi connectivity index (χ4v) is 1.51. The van der Waals surface area contributed by atoms with E-state index in [0.717, 1.165) is 13.1 Å². The lowest BCUT2D eigenvalue weighted by Gasteiger charge is -2.39. The number of amides is 1. The molecule has 6 heteroatoms. The number of aliphatic hydroxyl groups excluding tert-OH is 2. The normalized spacial score (nSPS) is 17.9. The molecule has 94 valence electrons. The van der Waals surface area contributed by atoms with Gasteiger partial charge in [0.15, 0.2) is 0 Å². The van der Waals surface area contributed by atoms with Crippen molar-refractivity contribution in [3.05, 3.63) is 0 Å². The largest absolute Gasteiger partial charge is 0.395 e. The lowest BCUT2D eigenvalue weighted by Crippen LogP contribution is -2.59. The van der Waals surface area contributed by atoms with Gasteiger partial charge in [0.25, 0.3) is 0 Å². The minimum Gasteiger partial charge on any atom is -0.395 e. The third-order valence-corrected chi connectivity index (χ3v) is 2.63. The number of rotatable bonds is 7. The first-order valence-electron chi connectivity index (χ1n) is 5.45. The van der Waals surface area contributed by atoms with Gasteiger partial charge in [-0.1, -0.05) is 0 Å². The summed E-state index contributed by atoms with van der Waals surface area (Å²) in [5.74, 6) is -0.198. The van der Waals surface area contributed by atoms with Crippen molar-refractivity contribution in [1.82, 2.24) is 10.2 Å². The first-order chi connectivity index (χ1) is 7.61. The molecule has 0 aromatic heterocycles. The van der Waals surface area contributed by atoms with Crippen molar-refractivity contribution < 1.29 is 19.7 Å². The van der Waals surface area contributed by atoms with Crippen molar-refractivity contribution in [3.8, 4) is 0 Å². The predicted octanol–water partition coefficient (Wildman–Crippen LogP) is -1.82. The smallest absolute Gasteiger partial charge is 0.248 e. The van der Waals surface area contributed by atoms with E-state index >= 15 is 0 Å².